The monoisotopic (exact) mass is 335 g/mol. The number of hydrogen-bond donors (Lipinski definition) is 0. The van der Waals surface area contributed by atoms with Gasteiger partial charge in [0.05, 0.1) is 0 Å². The Hall–Kier alpha value is -2.88. The van der Waals surface area contributed by atoms with E-state index in [1.54, 1.807) is 4.90 Å². The Balaban J connectivity index is 1.64. The van der Waals surface area contributed by atoms with Crippen molar-refractivity contribution >= 4 is 17.4 Å². The molecule has 0 aromatic heterocycles. The number of ether oxygens (including phenoxy) is 1. The molecule has 2 aromatic rings. The molecule has 0 radical (unpaired) electrons. The van der Waals surface area contributed by atoms with Crippen molar-refractivity contribution in [3.8, 4) is 0 Å². The van der Waals surface area contributed by atoms with Crippen LogP contribution in [-0.2, 0) is 20.9 Å². The molecular formula is C21H21NO3. The van der Waals surface area contributed by atoms with E-state index < -0.39 is 6.04 Å². The molecule has 2 aromatic carbocycles. The second-order valence-electron chi connectivity index (χ2n) is 6.09. The first-order valence-corrected chi connectivity index (χ1v) is 8.42. The molecule has 25 heavy (non-hydrogen) atoms. The van der Waals surface area contributed by atoms with Crippen molar-refractivity contribution in [2.45, 2.75) is 25.5 Å². The summed E-state index contributed by atoms with van der Waals surface area (Å²) in [5, 5.41) is 0. The Morgan fingerprint density at radius 3 is 2.36 bits per heavy atom. The summed E-state index contributed by atoms with van der Waals surface area (Å²) in [5.41, 5.74) is 2.11. The minimum absolute atomic E-state index is 0.203. The van der Waals surface area contributed by atoms with E-state index in [9.17, 15) is 9.59 Å². The van der Waals surface area contributed by atoms with Gasteiger partial charge in [-0.15, -0.1) is 0 Å². The molecule has 0 N–H and O–H groups in total. The third kappa shape index (κ3) is 3.97. The smallest absolute Gasteiger partial charge is 0.329 e. The Kier molecular flexibility index (Phi) is 5.29. The lowest BCUT2D eigenvalue weighted by molar-refractivity contribution is -0.153. The number of carbonyl (C=O) groups is 2. The van der Waals surface area contributed by atoms with E-state index in [0.29, 0.717) is 18.5 Å². The second-order valence-corrected chi connectivity index (χ2v) is 6.09. The van der Waals surface area contributed by atoms with Crippen LogP contribution in [0.15, 0.2) is 67.2 Å². The SMILES string of the molecule is C=C(C(=O)N1CCCC1C(=O)OCc1ccccc1)c1ccccc1. The predicted molar refractivity (Wildman–Crippen MR) is 96.4 cm³/mol. The average Bonchev–Trinajstić information content (AvgIpc) is 3.16. The summed E-state index contributed by atoms with van der Waals surface area (Å²) in [6.45, 7) is 4.68. The third-order valence-electron chi connectivity index (χ3n) is 4.39. The molecule has 1 aliphatic rings. The molecule has 1 amide bonds. The van der Waals surface area contributed by atoms with Gasteiger partial charge in [-0.05, 0) is 24.0 Å². The Morgan fingerprint density at radius 1 is 1.04 bits per heavy atom. The zero-order chi connectivity index (χ0) is 17.6. The minimum atomic E-state index is -0.531. The van der Waals surface area contributed by atoms with Gasteiger partial charge in [0.25, 0.3) is 5.91 Å². The van der Waals surface area contributed by atoms with Crippen molar-refractivity contribution in [3.05, 3.63) is 78.4 Å². The normalized spacial score (nSPS) is 16.5. The first-order chi connectivity index (χ1) is 12.2. The number of carbonyl (C=O) groups excluding carboxylic acids is 2. The van der Waals surface area contributed by atoms with Gasteiger partial charge in [0.2, 0.25) is 0 Å². The van der Waals surface area contributed by atoms with Crippen LogP contribution in [-0.4, -0.2) is 29.4 Å². The highest BCUT2D eigenvalue weighted by molar-refractivity contribution is 6.19. The third-order valence-corrected chi connectivity index (χ3v) is 4.39. The first-order valence-electron chi connectivity index (χ1n) is 8.42. The first kappa shape index (κ1) is 17.0. The summed E-state index contributed by atoms with van der Waals surface area (Å²) in [6.07, 6.45) is 1.42. The van der Waals surface area contributed by atoms with Crippen LogP contribution in [0.1, 0.15) is 24.0 Å². The lowest BCUT2D eigenvalue weighted by atomic mass is 10.1. The maximum Gasteiger partial charge on any atom is 0.329 e. The van der Waals surface area contributed by atoms with Crippen LogP contribution < -0.4 is 0 Å². The zero-order valence-electron chi connectivity index (χ0n) is 14.1. The Morgan fingerprint density at radius 2 is 1.68 bits per heavy atom. The van der Waals surface area contributed by atoms with Crippen LogP contribution >= 0.6 is 0 Å². The average molecular weight is 335 g/mol. The molecule has 128 valence electrons. The number of benzene rings is 2. The highest BCUT2D eigenvalue weighted by Crippen LogP contribution is 2.24. The quantitative estimate of drug-likeness (QED) is 0.621. The molecule has 1 fully saturated rings. The van der Waals surface area contributed by atoms with Crippen LogP contribution in [0.2, 0.25) is 0 Å². The number of esters is 1. The largest absolute Gasteiger partial charge is 0.459 e. The van der Waals surface area contributed by atoms with Crippen LogP contribution in [0.4, 0.5) is 0 Å². The van der Waals surface area contributed by atoms with E-state index in [1.165, 1.54) is 0 Å². The van der Waals surface area contributed by atoms with Crippen molar-refractivity contribution in [1.82, 2.24) is 4.90 Å². The summed E-state index contributed by atoms with van der Waals surface area (Å²) in [4.78, 5) is 26.8. The van der Waals surface area contributed by atoms with Gasteiger partial charge in [-0.1, -0.05) is 67.2 Å². The highest BCUT2D eigenvalue weighted by atomic mass is 16.5. The molecule has 4 heteroatoms. The lowest BCUT2D eigenvalue weighted by Gasteiger charge is -2.24. The maximum atomic E-state index is 12.8. The molecule has 1 unspecified atom stereocenters. The number of nitrogens with zero attached hydrogens (tertiary/aromatic N) is 1. The summed E-state index contributed by atoms with van der Waals surface area (Å²) in [5.74, 6) is -0.555. The molecule has 0 spiro atoms. The topological polar surface area (TPSA) is 46.6 Å². The molecule has 0 saturated carbocycles. The van der Waals surface area contributed by atoms with E-state index in [2.05, 4.69) is 6.58 Å². The van der Waals surface area contributed by atoms with E-state index >= 15 is 0 Å². The summed E-state index contributed by atoms with van der Waals surface area (Å²) in [7, 11) is 0. The molecule has 1 aliphatic heterocycles. The molecule has 4 nitrogen and oxygen atoms in total. The fourth-order valence-electron chi connectivity index (χ4n) is 3.02. The van der Waals surface area contributed by atoms with Crippen LogP contribution in [0.3, 0.4) is 0 Å². The number of rotatable bonds is 5. The standard InChI is InChI=1S/C21H21NO3/c1-16(18-11-6-3-7-12-18)20(23)22-14-8-13-19(22)21(24)25-15-17-9-4-2-5-10-17/h2-7,9-12,19H,1,8,13-15H2. The summed E-state index contributed by atoms with van der Waals surface area (Å²) >= 11 is 0. The van der Waals surface area contributed by atoms with E-state index in [1.807, 2.05) is 60.7 Å². The van der Waals surface area contributed by atoms with Gasteiger partial charge in [-0.3, -0.25) is 4.79 Å². The van der Waals surface area contributed by atoms with Crippen molar-refractivity contribution in [2.24, 2.45) is 0 Å². The zero-order valence-corrected chi connectivity index (χ0v) is 14.1. The van der Waals surface area contributed by atoms with Crippen LogP contribution in [0, 0.1) is 0 Å². The number of amides is 1. The van der Waals surface area contributed by atoms with E-state index in [4.69, 9.17) is 4.74 Å². The molecular weight excluding hydrogens is 314 g/mol. The Labute approximate surface area is 147 Å². The maximum absolute atomic E-state index is 12.8. The van der Waals surface area contributed by atoms with Gasteiger partial charge in [-0.25, -0.2) is 4.79 Å². The number of likely N-dealkylation sites (tertiary alicyclic amines) is 1. The van der Waals surface area contributed by atoms with Crippen LogP contribution in [0.25, 0.3) is 5.57 Å². The number of hydrogen-bond acceptors (Lipinski definition) is 3. The highest BCUT2D eigenvalue weighted by Gasteiger charge is 2.36. The van der Waals surface area contributed by atoms with Crippen molar-refractivity contribution in [1.29, 1.82) is 0 Å². The van der Waals surface area contributed by atoms with Crippen LogP contribution in [0.5, 0.6) is 0 Å². The predicted octanol–water partition coefficient (Wildman–Crippen LogP) is 3.43. The van der Waals surface area contributed by atoms with Gasteiger partial charge in [0, 0.05) is 12.1 Å². The van der Waals surface area contributed by atoms with E-state index in [0.717, 1.165) is 17.5 Å². The fraction of sp³-hybridized carbons (Fsp3) is 0.238. The molecule has 1 saturated heterocycles. The molecule has 3 rings (SSSR count). The van der Waals surface area contributed by atoms with Crippen molar-refractivity contribution in [3.63, 3.8) is 0 Å². The lowest BCUT2D eigenvalue weighted by Crippen LogP contribution is -2.41. The Bertz CT molecular complexity index is 755. The fourth-order valence-corrected chi connectivity index (χ4v) is 3.02. The second kappa shape index (κ2) is 7.79. The summed E-state index contributed by atoms with van der Waals surface area (Å²) in [6, 6.07) is 18.3. The van der Waals surface area contributed by atoms with Gasteiger partial charge in [-0.2, -0.15) is 0 Å². The van der Waals surface area contributed by atoms with Gasteiger partial charge < -0.3 is 9.64 Å². The molecule has 0 aliphatic carbocycles. The van der Waals surface area contributed by atoms with Crippen molar-refractivity contribution < 1.29 is 14.3 Å². The minimum Gasteiger partial charge on any atom is -0.459 e. The van der Waals surface area contributed by atoms with Gasteiger partial charge in [0.15, 0.2) is 0 Å². The van der Waals surface area contributed by atoms with Gasteiger partial charge in [0.1, 0.15) is 12.6 Å². The molecule has 0 bridgehead atoms. The van der Waals surface area contributed by atoms with E-state index in [-0.39, 0.29) is 18.5 Å². The molecule has 1 heterocycles. The summed E-state index contributed by atoms with van der Waals surface area (Å²) < 4.78 is 5.42. The van der Waals surface area contributed by atoms with Gasteiger partial charge >= 0.3 is 5.97 Å². The molecule has 1 atom stereocenters. The van der Waals surface area contributed by atoms with Crippen molar-refractivity contribution in [2.75, 3.05) is 6.54 Å².